The third kappa shape index (κ3) is 1.62. The van der Waals surface area contributed by atoms with Crippen LogP contribution in [-0.2, 0) is 19.1 Å². The van der Waals surface area contributed by atoms with Crippen molar-refractivity contribution in [1.29, 1.82) is 0 Å². The summed E-state index contributed by atoms with van der Waals surface area (Å²) in [5, 5.41) is 9.47. The summed E-state index contributed by atoms with van der Waals surface area (Å²) in [6.45, 7) is 0.192. The fourth-order valence-corrected chi connectivity index (χ4v) is 3.58. The largest absolute Gasteiger partial charge is 0.479 e. The lowest BCUT2D eigenvalue weighted by Crippen LogP contribution is -2.58. The molecular formula is C13H17NO5. The summed E-state index contributed by atoms with van der Waals surface area (Å²) in [7, 11) is 0. The molecule has 2 heterocycles. The molecule has 104 valence electrons. The van der Waals surface area contributed by atoms with Crippen molar-refractivity contribution in [2.24, 2.45) is 11.8 Å². The van der Waals surface area contributed by atoms with E-state index in [0.29, 0.717) is 12.8 Å². The average molecular weight is 267 g/mol. The first-order valence-electron chi connectivity index (χ1n) is 6.77. The number of ether oxygens (including phenoxy) is 1. The molecule has 0 spiro atoms. The number of aliphatic carboxylic acids is 1. The molecule has 1 aliphatic carbocycles. The SMILES string of the molecule is O=C1C2CCCCC2C(=O)N1C1(C(=O)O)CCOC1. The summed E-state index contributed by atoms with van der Waals surface area (Å²) in [5.41, 5.74) is -1.47. The predicted octanol–water partition coefficient (Wildman–Crippen LogP) is 0.405. The Kier molecular flexibility index (Phi) is 2.85. The first-order chi connectivity index (χ1) is 9.08. The van der Waals surface area contributed by atoms with Gasteiger partial charge >= 0.3 is 5.97 Å². The van der Waals surface area contributed by atoms with Crippen LogP contribution in [-0.4, -0.2) is 46.5 Å². The molecule has 2 aliphatic heterocycles. The molecule has 0 radical (unpaired) electrons. The second kappa shape index (κ2) is 4.30. The Labute approximate surface area is 110 Å². The van der Waals surface area contributed by atoms with Crippen LogP contribution in [0.5, 0.6) is 0 Å². The molecule has 3 unspecified atom stereocenters. The Hall–Kier alpha value is -1.43. The van der Waals surface area contributed by atoms with Gasteiger partial charge in [0.15, 0.2) is 5.54 Å². The van der Waals surface area contributed by atoms with Gasteiger partial charge in [-0.2, -0.15) is 0 Å². The fourth-order valence-electron chi connectivity index (χ4n) is 3.58. The van der Waals surface area contributed by atoms with Gasteiger partial charge < -0.3 is 9.84 Å². The van der Waals surface area contributed by atoms with Gasteiger partial charge in [-0.15, -0.1) is 0 Å². The molecule has 3 aliphatic rings. The molecule has 19 heavy (non-hydrogen) atoms. The molecule has 0 aromatic heterocycles. The van der Waals surface area contributed by atoms with Crippen molar-refractivity contribution in [2.45, 2.75) is 37.6 Å². The highest BCUT2D eigenvalue weighted by molar-refractivity contribution is 6.09. The third-order valence-corrected chi connectivity index (χ3v) is 4.67. The second-order valence-corrected chi connectivity index (χ2v) is 5.65. The van der Waals surface area contributed by atoms with E-state index in [9.17, 15) is 19.5 Å². The van der Waals surface area contributed by atoms with Crippen LogP contribution in [0.15, 0.2) is 0 Å². The molecule has 2 saturated heterocycles. The van der Waals surface area contributed by atoms with E-state index in [1.807, 2.05) is 0 Å². The molecular weight excluding hydrogens is 250 g/mol. The Morgan fingerprint density at radius 2 is 1.79 bits per heavy atom. The maximum atomic E-state index is 12.4. The van der Waals surface area contributed by atoms with E-state index in [-0.39, 0.29) is 43.3 Å². The molecule has 1 saturated carbocycles. The van der Waals surface area contributed by atoms with Crippen LogP contribution in [0.1, 0.15) is 32.1 Å². The number of nitrogens with zero attached hydrogens (tertiary/aromatic N) is 1. The molecule has 6 nitrogen and oxygen atoms in total. The lowest BCUT2D eigenvalue weighted by Gasteiger charge is -2.31. The number of amides is 2. The zero-order chi connectivity index (χ0) is 13.6. The normalized spacial score (nSPS) is 38.6. The molecule has 3 rings (SSSR count). The fraction of sp³-hybridized carbons (Fsp3) is 0.769. The van der Waals surface area contributed by atoms with E-state index in [4.69, 9.17) is 4.74 Å². The summed E-state index contributed by atoms with van der Waals surface area (Å²) < 4.78 is 5.16. The summed E-state index contributed by atoms with van der Waals surface area (Å²) in [5.74, 6) is -2.35. The van der Waals surface area contributed by atoms with Gasteiger partial charge in [-0.25, -0.2) is 4.79 Å². The zero-order valence-electron chi connectivity index (χ0n) is 10.6. The molecule has 3 fully saturated rings. The van der Waals surface area contributed by atoms with Crippen molar-refractivity contribution in [2.75, 3.05) is 13.2 Å². The monoisotopic (exact) mass is 267 g/mol. The number of fused-ring (bicyclic) bond motifs is 1. The number of carboxylic acid groups (broad SMARTS) is 1. The van der Waals surface area contributed by atoms with Gasteiger partial charge in [0.05, 0.1) is 18.4 Å². The topological polar surface area (TPSA) is 83.9 Å². The highest BCUT2D eigenvalue weighted by Gasteiger charge is 2.60. The first kappa shape index (κ1) is 12.6. The maximum Gasteiger partial charge on any atom is 0.332 e. The van der Waals surface area contributed by atoms with Crippen molar-refractivity contribution in [3.05, 3.63) is 0 Å². The number of rotatable bonds is 2. The van der Waals surface area contributed by atoms with Gasteiger partial charge in [0.25, 0.3) is 0 Å². The molecule has 6 heteroatoms. The van der Waals surface area contributed by atoms with Gasteiger partial charge in [0, 0.05) is 13.0 Å². The van der Waals surface area contributed by atoms with Crippen molar-refractivity contribution < 1.29 is 24.2 Å². The van der Waals surface area contributed by atoms with E-state index in [2.05, 4.69) is 0 Å². The number of hydrogen-bond acceptors (Lipinski definition) is 4. The lowest BCUT2D eigenvalue weighted by atomic mass is 9.81. The van der Waals surface area contributed by atoms with Gasteiger partial charge in [-0.05, 0) is 12.8 Å². The van der Waals surface area contributed by atoms with Crippen molar-refractivity contribution in [1.82, 2.24) is 4.90 Å². The van der Waals surface area contributed by atoms with Crippen molar-refractivity contribution in [3.8, 4) is 0 Å². The number of hydrogen-bond donors (Lipinski definition) is 1. The quantitative estimate of drug-likeness (QED) is 0.732. The number of likely N-dealkylation sites (tertiary alicyclic amines) is 1. The third-order valence-electron chi connectivity index (χ3n) is 4.67. The Bertz CT molecular complexity index is 416. The Morgan fingerprint density at radius 3 is 2.21 bits per heavy atom. The summed E-state index contributed by atoms with van der Waals surface area (Å²) in [6.07, 6.45) is 3.46. The van der Waals surface area contributed by atoms with E-state index < -0.39 is 11.5 Å². The van der Waals surface area contributed by atoms with Gasteiger partial charge in [-0.1, -0.05) is 12.8 Å². The van der Waals surface area contributed by atoms with Gasteiger partial charge in [-0.3, -0.25) is 14.5 Å². The van der Waals surface area contributed by atoms with Crippen LogP contribution in [0.3, 0.4) is 0 Å². The summed E-state index contributed by atoms with van der Waals surface area (Å²) in [6, 6.07) is 0. The Morgan fingerprint density at radius 1 is 1.21 bits per heavy atom. The van der Waals surface area contributed by atoms with E-state index in [0.717, 1.165) is 17.7 Å². The average Bonchev–Trinajstić information content (AvgIpc) is 2.97. The van der Waals surface area contributed by atoms with E-state index in [1.54, 1.807) is 0 Å². The number of imide groups is 1. The Balaban J connectivity index is 1.97. The minimum Gasteiger partial charge on any atom is -0.479 e. The van der Waals surface area contributed by atoms with E-state index in [1.165, 1.54) is 0 Å². The number of carbonyl (C=O) groups excluding carboxylic acids is 2. The molecule has 2 amide bonds. The highest BCUT2D eigenvalue weighted by Crippen LogP contribution is 2.42. The minimum atomic E-state index is -1.47. The summed E-state index contributed by atoms with van der Waals surface area (Å²) in [4.78, 5) is 37.5. The second-order valence-electron chi connectivity index (χ2n) is 5.65. The molecule has 0 bridgehead atoms. The predicted molar refractivity (Wildman–Crippen MR) is 63.1 cm³/mol. The minimum absolute atomic E-state index is 0.0841. The molecule has 0 aromatic rings. The maximum absolute atomic E-state index is 12.4. The number of carboxylic acids is 1. The highest BCUT2D eigenvalue weighted by atomic mass is 16.5. The zero-order valence-corrected chi connectivity index (χ0v) is 10.6. The van der Waals surface area contributed by atoms with Gasteiger partial charge in [0.2, 0.25) is 11.8 Å². The molecule has 3 atom stereocenters. The van der Waals surface area contributed by atoms with Gasteiger partial charge in [0.1, 0.15) is 0 Å². The van der Waals surface area contributed by atoms with Crippen molar-refractivity contribution in [3.63, 3.8) is 0 Å². The molecule has 1 N–H and O–H groups in total. The van der Waals surface area contributed by atoms with E-state index >= 15 is 0 Å². The van der Waals surface area contributed by atoms with Crippen LogP contribution in [0.2, 0.25) is 0 Å². The number of carbonyl (C=O) groups is 3. The van der Waals surface area contributed by atoms with Crippen LogP contribution < -0.4 is 0 Å². The first-order valence-corrected chi connectivity index (χ1v) is 6.77. The molecule has 0 aromatic carbocycles. The standard InChI is InChI=1S/C13H17NO5/c15-10-8-3-1-2-4-9(8)11(16)14(10)13(12(17)18)5-6-19-7-13/h8-9H,1-7H2,(H,17,18). The van der Waals surface area contributed by atoms with Crippen LogP contribution >= 0.6 is 0 Å². The lowest BCUT2D eigenvalue weighted by molar-refractivity contribution is -0.163. The summed E-state index contributed by atoms with van der Waals surface area (Å²) >= 11 is 0. The van der Waals surface area contributed by atoms with Crippen LogP contribution in [0, 0.1) is 11.8 Å². The van der Waals surface area contributed by atoms with Crippen LogP contribution in [0.4, 0.5) is 0 Å². The van der Waals surface area contributed by atoms with Crippen molar-refractivity contribution >= 4 is 17.8 Å². The van der Waals surface area contributed by atoms with Crippen LogP contribution in [0.25, 0.3) is 0 Å². The smallest absolute Gasteiger partial charge is 0.332 e.